The van der Waals surface area contributed by atoms with Crippen LogP contribution in [0.1, 0.15) is 44.7 Å². The number of hydrogen-bond donors (Lipinski definition) is 1. The Morgan fingerprint density at radius 1 is 1.14 bits per heavy atom. The summed E-state index contributed by atoms with van der Waals surface area (Å²) in [5, 5.41) is 10.1. The number of nitrogens with zero attached hydrogens (tertiary/aromatic N) is 6. The van der Waals surface area contributed by atoms with E-state index in [2.05, 4.69) is 32.4 Å². The smallest absolute Gasteiger partial charge is 0.315 e. The first-order valence-corrected chi connectivity index (χ1v) is 11.3. The highest BCUT2D eigenvalue weighted by molar-refractivity contribution is 5.92. The fraction of sp³-hybridized carbons (Fsp3) is 0.435. The quantitative estimate of drug-likeness (QED) is 0.499. The van der Waals surface area contributed by atoms with E-state index >= 15 is 0 Å². The van der Waals surface area contributed by atoms with Crippen LogP contribution in [0, 0.1) is 17.6 Å². The molecule has 4 heterocycles. The number of halogens is 5. The Bertz CT molecular complexity index is 1280. The molecule has 3 aliphatic rings. The third-order valence-corrected chi connectivity index (χ3v) is 7.21. The van der Waals surface area contributed by atoms with E-state index < -0.39 is 52.0 Å². The van der Waals surface area contributed by atoms with Crippen molar-refractivity contribution in [1.29, 1.82) is 0 Å². The maximum atomic E-state index is 14.9. The van der Waals surface area contributed by atoms with Gasteiger partial charge >= 0.3 is 12.2 Å². The summed E-state index contributed by atoms with van der Waals surface area (Å²) >= 11 is 0. The van der Waals surface area contributed by atoms with Crippen LogP contribution in [-0.2, 0) is 6.18 Å². The van der Waals surface area contributed by atoms with Crippen LogP contribution in [-0.4, -0.2) is 47.2 Å². The molecular weight excluding hydrogens is 485 g/mol. The standard InChI is InChI=1S/C23H22F5N7O/c1-12-3-15-7-22(6-12,13(2)34-10-31-32-11-34)35(15)21(36)33-19-4-16(20-29-8-14(24)9-30-20)17(5-18(19)25)23(26,27)28/h4-5,8-13,15H,3,6-7H2,1-2H3,(H,33,36)/t12-,13+,15-,22+/m0/s1. The fourth-order valence-electron chi connectivity index (χ4n) is 5.68. The highest BCUT2D eigenvalue weighted by Crippen LogP contribution is 2.55. The van der Waals surface area contributed by atoms with Crippen LogP contribution in [0.25, 0.3) is 11.4 Å². The Labute approximate surface area is 202 Å². The number of urea groups is 1. The lowest BCUT2D eigenvalue weighted by atomic mass is 9.61. The number of carbonyl (C=O) groups excluding carboxylic acids is 1. The Hall–Kier alpha value is -3.64. The van der Waals surface area contributed by atoms with Gasteiger partial charge in [0.05, 0.1) is 35.2 Å². The molecule has 1 saturated carbocycles. The van der Waals surface area contributed by atoms with E-state index in [1.165, 1.54) is 0 Å². The topological polar surface area (TPSA) is 88.8 Å². The molecule has 2 aromatic heterocycles. The SMILES string of the molecule is C[C@H]1C[C@H]2C[C@@]([C@@H](C)n3cnnc3)(C1)N2C(=O)Nc1cc(-c2ncc(F)cn2)c(C(F)(F)F)cc1F. The maximum Gasteiger partial charge on any atom is 0.417 e. The highest BCUT2D eigenvalue weighted by atomic mass is 19.4. The van der Waals surface area contributed by atoms with E-state index in [0.29, 0.717) is 24.7 Å². The Morgan fingerprint density at radius 2 is 1.81 bits per heavy atom. The molecule has 1 aromatic carbocycles. The molecule has 0 spiro atoms. The van der Waals surface area contributed by atoms with E-state index in [-0.39, 0.29) is 18.2 Å². The molecule has 2 saturated heterocycles. The molecule has 2 aliphatic heterocycles. The minimum absolute atomic E-state index is 0.0925. The number of amides is 2. The largest absolute Gasteiger partial charge is 0.417 e. The summed E-state index contributed by atoms with van der Waals surface area (Å²) in [6.45, 7) is 4.04. The molecule has 8 nitrogen and oxygen atoms in total. The number of anilines is 1. The van der Waals surface area contributed by atoms with Crippen molar-refractivity contribution in [3.05, 3.63) is 54.4 Å². The summed E-state index contributed by atoms with van der Waals surface area (Å²) in [6.07, 6.45) is 1.80. The fourth-order valence-corrected chi connectivity index (χ4v) is 5.68. The molecule has 0 unspecified atom stereocenters. The van der Waals surface area contributed by atoms with Gasteiger partial charge in [-0.05, 0) is 44.2 Å². The summed E-state index contributed by atoms with van der Waals surface area (Å²) < 4.78 is 70.8. The number of benzene rings is 1. The summed E-state index contributed by atoms with van der Waals surface area (Å²) in [4.78, 5) is 22.3. The average molecular weight is 507 g/mol. The van der Waals surface area contributed by atoms with Crippen LogP contribution in [0.2, 0.25) is 0 Å². The van der Waals surface area contributed by atoms with Gasteiger partial charge in [-0.15, -0.1) is 10.2 Å². The van der Waals surface area contributed by atoms with Crippen LogP contribution >= 0.6 is 0 Å². The number of aromatic nitrogens is 5. The third-order valence-electron chi connectivity index (χ3n) is 7.21. The van der Waals surface area contributed by atoms with Crippen molar-refractivity contribution in [3.8, 4) is 11.4 Å². The van der Waals surface area contributed by atoms with E-state index in [4.69, 9.17) is 0 Å². The van der Waals surface area contributed by atoms with Crippen LogP contribution < -0.4 is 5.32 Å². The molecular formula is C23H22F5N7O. The summed E-state index contributed by atoms with van der Waals surface area (Å²) in [5.74, 6) is -2.21. The monoisotopic (exact) mass is 507 g/mol. The number of alkyl halides is 3. The predicted octanol–water partition coefficient (Wildman–Crippen LogP) is 5.07. The van der Waals surface area contributed by atoms with E-state index in [0.717, 1.165) is 18.9 Å². The predicted molar refractivity (Wildman–Crippen MR) is 118 cm³/mol. The molecule has 1 aliphatic carbocycles. The van der Waals surface area contributed by atoms with Gasteiger partial charge in [0.25, 0.3) is 0 Å². The number of hydrogen-bond acceptors (Lipinski definition) is 5. The molecule has 0 radical (unpaired) electrons. The number of fused-ring (bicyclic) bond motifs is 2. The molecule has 3 aromatic rings. The van der Waals surface area contributed by atoms with Gasteiger partial charge in [0.15, 0.2) is 11.6 Å². The zero-order chi connectivity index (χ0) is 25.8. The first-order chi connectivity index (χ1) is 17.0. The van der Waals surface area contributed by atoms with E-state index in [9.17, 15) is 26.7 Å². The van der Waals surface area contributed by atoms with Gasteiger partial charge in [0, 0.05) is 11.6 Å². The first-order valence-electron chi connectivity index (χ1n) is 11.3. The number of carbonyl (C=O) groups is 1. The van der Waals surface area contributed by atoms with Gasteiger partial charge in [-0.1, -0.05) is 6.92 Å². The number of piperidine rings is 1. The molecule has 13 heteroatoms. The minimum atomic E-state index is -4.93. The molecule has 1 N–H and O–H groups in total. The summed E-state index contributed by atoms with van der Waals surface area (Å²) in [6, 6.07) is 0.217. The van der Waals surface area contributed by atoms with E-state index in [1.807, 2.05) is 6.92 Å². The Balaban J connectivity index is 1.49. The van der Waals surface area contributed by atoms with Crippen LogP contribution in [0.4, 0.5) is 32.4 Å². The molecule has 6 rings (SSSR count). The minimum Gasteiger partial charge on any atom is -0.315 e. The molecule has 190 valence electrons. The van der Waals surface area contributed by atoms with Crippen molar-refractivity contribution < 1.29 is 26.7 Å². The third kappa shape index (κ3) is 3.95. The molecule has 2 bridgehead atoms. The normalized spacial score (nSPS) is 24.2. The molecule has 36 heavy (non-hydrogen) atoms. The maximum absolute atomic E-state index is 14.9. The number of rotatable bonds is 4. The van der Waals surface area contributed by atoms with Gasteiger partial charge < -0.3 is 14.8 Å². The van der Waals surface area contributed by atoms with E-state index in [1.54, 1.807) is 22.1 Å². The highest BCUT2D eigenvalue weighted by Gasteiger charge is 2.61. The second-order valence-electron chi connectivity index (χ2n) is 9.49. The van der Waals surface area contributed by atoms with Crippen molar-refractivity contribution in [2.24, 2.45) is 5.92 Å². The van der Waals surface area contributed by atoms with Gasteiger partial charge in [-0.3, -0.25) is 0 Å². The zero-order valence-electron chi connectivity index (χ0n) is 19.3. The second kappa shape index (κ2) is 8.49. The average Bonchev–Trinajstić information content (AvgIpc) is 3.34. The van der Waals surface area contributed by atoms with Gasteiger partial charge in [0.1, 0.15) is 18.5 Å². The van der Waals surface area contributed by atoms with Crippen molar-refractivity contribution in [2.75, 3.05) is 5.32 Å². The Kier molecular flexibility index (Phi) is 5.67. The Morgan fingerprint density at radius 3 is 2.44 bits per heavy atom. The van der Waals surface area contributed by atoms with Gasteiger partial charge in [-0.25, -0.2) is 23.5 Å². The van der Waals surface area contributed by atoms with Crippen LogP contribution in [0.3, 0.4) is 0 Å². The van der Waals surface area contributed by atoms with Crippen molar-refractivity contribution in [2.45, 2.75) is 56.9 Å². The van der Waals surface area contributed by atoms with Crippen molar-refractivity contribution in [1.82, 2.24) is 29.6 Å². The van der Waals surface area contributed by atoms with Gasteiger partial charge in [0.2, 0.25) is 0 Å². The van der Waals surface area contributed by atoms with Crippen molar-refractivity contribution >= 4 is 11.7 Å². The van der Waals surface area contributed by atoms with Crippen LogP contribution in [0.15, 0.2) is 37.2 Å². The van der Waals surface area contributed by atoms with Gasteiger partial charge in [-0.2, -0.15) is 13.2 Å². The first kappa shape index (κ1) is 24.1. The lowest BCUT2D eigenvalue weighted by Gasteiger charge is -2.65. The van der Waals surface area contributed by atoms with Crippen molar-refractivity contribution in [3.63, 3.8) is 0 Å². The summed E-state index contributed by atoms with van der Waals surface area (Å²) in [5.41, 5.74) is -2.96. The zero-order valence-corrected chi connectivity index (χ0v) is 19.3. The molecule has 4 atom stereocenters. The summed E-state index contributed by atoms with van der Waals surface area (Å²) in [7, 11) is 0. The second-order valence-corrected chi connectivity index (χ2v) is 9.49. The molecule has 2 amide bonds. The van der Waals surface area contributed by atoms with Crippen LogP contribution in [0.5, 0.6) is 0 Å². The lowest BCUT2D eigenvalue weighted by molar-refractivity contribution is -0.137. The molecule has 3 fully saturated rings. The number of nitrogens with one attached hydrogen (secondary N) is 1. The lowest BCUT2D eigenvalue weighted by Crippen LogP contribution is -2.74.